The molecule has 1 amide bonds. The van der Waals surface area contributed by atoms with Crippen molar-refractivity contribution in [1.29, 1.82) is 0 Å². The van der Waals surface area contributed by atoms with Crippen LogP contribution in [0.2, 0.25) is 0 Å². The minimum Gasteiger partial charge on any atom is -0.480 e. The number of likely N-dealkylation sites (N-methyl/N-ethyl adjacent to an activating group) is 1. The van der Waals surface area contributed by atoms with Crippen molar-refractivity contribution in [1.82, 2.24) is 4.90 Å². The van der Waals surface area contributed by atoms with E-state index in [4.69, 9.17) is 5.11 Å². The van der Waals surface area contributed by atoms with E-state index in [0.717, 1.165) is 9.37 Å². The lowest BCUT2D eigenvalue weighted by Crippen LogP contribution is -2.32. The number of aliphatic carboxylic acids is 1. The third kappa shape index (κ3) is 3.31. The van der Waals surface area contributed by atoms with E-state index in [9.17, 15) is 9.59 Å². The lowest BCUT2D eigenvalue weighted by molar-refractivity contribution is -0.137. The van der Waals surface area contributed by atoms with Gasteiger partial charge >= 0.3 is 5.97 Å². The number of rotatable bonds is 3. The number of benzene rings is 1. The number of carboxylic acid groups (broad SMARTS) is 1. The maximum absolute atomic E-state index is 11.9. The highest BCUT2D eigenvalue weighted by atomic mass is 79.9. The molecule has 0 spiro atoms. The molecule has 0 heterocycles. The van der Waals surface area contributed by atoms with Gasteiger partial charge in [-0.05, 0) is 34.1 Å². The zero-order valence-corrected chi connectivity index (χ0v) is 11.6. The largest absolute Gasteiger partial charge is 0.480 e. The monoisotopic (exact) mass is 349 g/mol. The molecule has 0 aliphatic rings. The number of carbonyl (C=O) groups excluding carboxylic acids is 1. The fraction of sp³-hybridized carbons (Fsp3) is 0.200. The van der Waals surface area contributed by atoms with E-state index in [0.29, 0.717) is 10.0 Å². The second kappa shape index (κ2) is 5.45. The van der Waals surface area contributed by atoms with Crippen molar-refractivity contribution in [3.63, 3.8) is 0 Å². The van der Waals surface area contributed by atoms with E-state index in [1.165, 1.54) is 7.05 Å². The molecule has 16 heavy (non-hydrogen) atoms. The van der Waals surface area contributed by atoms with Crippen LogP contribution < -0.4 is 0 Å². The van der Waals surface area contributed by atoms with Gasteiger partial charge < -0.3 is 10.0 Å². The average molecular weight is 351 g/mol. The Bertz CT molecular complexity index is 434. The van der Waals surface area contributed by atoms with Gasteiger partial charge in [-0.3, -0.25) is 9.59 Å². The molecule has 1 aromatic rings. The number of amides is 1. The number of hydrogen-bond donors (Lipinski definition) is 1. The van der Waals surface area contributed by atoms with Gasteiger partial charge in [0.25, 0.3) is 5.91 Å². The van der Waals surface area contributed by atoms with Crippen molar-refractivity contribution >= 4 is 43.7 Å². The zero-order chi connectivity index (χ0) is 12.3. The lowest BCUT2D eigenvalue weighted by atomic mass is 10.2. The van der Waals surface area contributed by atoms with Gasteiger partial charge in [-0.25, -0.2) is 0 Å². The number of carbonyl (C=O) groups is 2. The smallest absolute Gasteiger partial charge is 0.323 e. The number of carboxylic acids is 1. The van der Waals surface area contributed by atoms with Crippen LogP contribution in [0.25, 0.3) is 0 Å². The quantitative estimate of drug-likeness (QED) is 0.910. The van der Waals surface area contributed by atoms with Gasteiger partial charge in [-0.15, -0.1) is 0 Å². The van der Waals surface area contributed by atoms with Crippen LogP contribution in [-0.2, 0) is 4.79 Å². The third-order valence-electron chi connectivity index (χ3n) is 1.88. The van der Waals surface area contributed by atoms with Crippen molar-refractivity contribution < 1.29 is 14.7 Å². The first kappa shape index (κ1) is 13.2. The number of nitrogens with zero attached hydrogens (tertiary/aromatic N) is 1. The fourth-order valence-electron chi connectivity index (χ4n) is 1.14. The van der Waals surface area contributed by atoms with E-state index < -0.39 is 5.97 Å². The van der Waals surface area contributed by atoms with Gasteiger partial charge in [0, 0.05) is 16.0 Å². The topological polar surface area (TPSA) is 57.6 Å². The Morgan fingerprint density at radius 1 is 1.38 bits per heavy atom. The van der Waals surface area contributed by atoms with Crippen LogP contribution in [0.15, 0.2) is 27.1 Å². The van der Waals surface area contributed by atoms with E-state index >= 15 is 0 Å². The SMILES string of the molecule is CN(CC(=O)O)C(=O)c1cc(Br)ccc1Br. The summed E-state index contributed by atoms with van der Waals surface area (Å²) in [4.78, 5) is 23.5. The molecule has 0 saturated carbocycles. The van der Waals surface area contributed by atoms with Crippen molar-refractivity contribution in [3.05, 3.63) is 32.7 Å². The summed E-state index contributed by atoms with van der Waals surface area (Å²) in [7, 11) is 1.45. The Labute approximate surface area is 110 Å². The van der Waals surface area contributed by atoms with E-state index in [1.807, 2.05) is 0 Å². The highest BCUT2D eigenvalue weighted by Crippen LogP contribution is 2.22. The second-order valence-corrected chi connectivity index (χ2v) is 4.95. The number of halogens is 2. The summed E-state index contributed by atoms with van der Waals surface area (Å²) >= 11 is 6.51. The van der Waals surface area contributed by atoms with Crippen molar-refractivity contribution in [3.8, 4) is 0 Å². The predicted octanol–water partition coefficient (Wildman–Crippen LogP) is 2.37. The molecule has 0 bridgehead atoms. The van der Waals surface area contributed by atoms with E-state index in [-0.39, 0.29) is 12.5 Å². The van der Waals surface area contributed by atoms with Gasteiger partial charge in [0.1, 0.15) is 6.54 Å². The Kier molecular flexibility index (Phi) is 4.49. The van der Waals surface area contributed by atoms with Crippen molar-refractivity contribution in [2.24, 2.45) is 0 Å². The van der Waals surface area contributed by atoms with Crippen molar-refractivity contribution in [2.75, 3.05) is 13.6 Å². The summed E-state index contributed by atoms with van der Waals surface area (Å²) < 4.78 is 1.40. The minimum absolute atomic E-state index is 0.322. The minimum atomic E-state index is -1.04. The van der Waals surface area contributed by atoms with Gasteiger partial charge in [0.2, 0.25) is 0 Å². The summed E-state index contributed by atoms with van der Waals surface area (Å²) in [5, 5.41) is 8.59. The van der Waals surface area contributed by atoms with Crippen LogP contribution >= 0.6 is 31.9 Å². The first-order valence-electron chi connectivity index (χ1n) is 4.34. The van der Waals surface area contributed by atoms with Crippen molar-refractivity contribution in [2.45, 2.75) is 0 Å². The first-order chi connectivity index (χ1) is 7.41. The third-order valence-corrected chi connectivity index (χ3v) is 3.06. The molecule has 0 aliphatic heterocycles. The molecule has 6 heteroatoms. The zero-order valence-electron chi connectivity index (χ0n) is 8.41. The standard InChI is InChI=1S/C10H9Br2NO3/c1-13(5-9(14)15)10(16)7-4-6(11)2-3-8(7)12/h2-4H,5H2,1H3,(H,14,15). The first-order valence-corrected chi connectivity index (χ1v) is 5.92. The molecule has 0 aromatic heterocycles. The summed E-state index contributed by atoms with van der Waals surface area (Å²) in [6.45, 7) is -0.322. The Morgan fingerprint density at radius 3 is 2.56 bits per heavy atom. The van der Waals surface area contributed by atoms with Gasteiger partial charge in [0.15, 0.2) is 0 Å². The van der Waals surface area contributed by atoms with Crippen LogP contribution in [0.5, 0.6) is 0 Å². The number of hydrogen-bond acceptors (Lipinski definition) is 2. The van der Waals surface area contributed by atoms with Crippen LogP contribution in [0.1, 0.15) is 10.4 Å². The summed E-state index contributed by atoms with van der Waals surface area (Å²) in [6, 6.07) is 5.16. The van der Waals surface area contributed by atoms with Crippen LogP contribution in [0, 0.1) is 0 Å². The van der Waals surface area contributed by atoms with Gasteiger partial charge in [0.05, 0.1) is 5.56 Å². The highest BCUT2D eigenvalue weighted by Gasteiger charge is 2.17. The molecule has 0 aliphatic carbocycles. The molecular formula is C10H9Br2NO3. The Balaban J connectivity index is 2.95. The van der Waals surface area contributed by atoms with Crippen LogP contribution in [0.3, 0.4) is 0 Å². The van der Waals surface area contributed by atoms with Crippen LogP contribution in [0.4, 0.5) is 0 Å². The Morgan fingerprint density at radius 2 is 2.00 bits per heavy atom. The molecule has 4 nitrogen and oxygen atoms in total. The molecule has 0 radical (unpaired) electrons. The van der Waals surface area contributed by atoms with Gasteiger partial charge in [-0.2, -0.15) is 0 Å². The normalized spacial score (nSPS) is 9.94. The predicted molar refractivity (Wildman–Crippen MR) is 66.4 cm³/mol. The molecular weight excluding hydrogens is 342 g/mol. The lowest BCUT2D eigenvalue weighted by Gasteiger charge is -2.15. The molecule has 0 fully saturated rings. The summed E-state index contributed by atoms with van der Waals surface area (Å²) in [6.07, 6.45) is 0. The van der Waals surface area contributed by atoms with Crippen LogP contribution in [-0.4, -0.2) is 35.5 Å². The molecule has 1 N–H and O–H groups in total. The van der Waals surface area contributed by atoms with E-state index in [2.05, 4.69) is 31.9 Å². The Hall–Kier alpha value is -0.880. The average Bonchev–Trinajstić information content (AvgIpc) is 2.19. The molecule has 1 rings (SSSR count). The molecule has 0 saturated heterocycles. The molecule has 86 valence electrons. The fourth-order valence-corrected chi connectivity index (χ4v) is 1.92. The van der Waals surface area contributed by atoms with E-state index in [1.54, 1.807) is 18.2 Å². The molecule has 0 atom stereocenters. The highest BCUT2D eigenvalue weighted by molar-refractivity contribution is 9.11. The molecule has 1 aromatic carbocycles. The van der Waals surface area contributed by atoms with Gasteiger partial charge in [-0.1, -0.05) is 15.9 Å². The summed E-state index contributed by atoms with van der Waals surface area (Å²) in [5.74, 6) is -1.38. The maximum atomic E-state index is 11.9. The maximum Gasteiger partial charge on any atom is 0.323 e. The second-order valence-electron chi connectivity index (χ2n) is 3.18. The molecule has 0 unspecified atom stereocenters. The summed E-state index contributed by atoms with van der Waals surface area (Å²) in [5.41, 5.74) is 0.429.